The fraction of sp³-hybridized carbons (Fsp3) is 0.0769. The van der Waals surface area contributed by atoms with Crippen LogP contribution < -0.4 is 11.1 Å². The lowest BCUT2D eigenvalue weighted by molar-refractivity contribution is 0.102. The van der Waals surface area contributed by atoms with Crippen LogP contribution in [-0.2, 0) is 0 Å². The third-order valence-electron chi connectivity index (χ3n) is 2.59. The van der Waals surface area contributed by atoms with Crippen LogP contribution in [0.25, 0.3) is 0 Å². The number of anilines is 2. The highest BCUT2D eigenvalue weighted by Crippen LogP contribution is 2.19. The van der Waals surface area contributed by atoms with Crippen molar-refractivity contribution in [2.45, 2.75) is 6.92 Å². The summed E-state index contributed by atoms with van der Waals surface area (Å²) in [4.78, 5) is 15.8. The highest BCUT2D eigenvalue weighted by Gasteiger charge is 2.11. The van der Waals surface area contributed by atoms with Crippen LogP contribution in [0.4, 0.5) is 15.9 Å². The number of hydrogen-bond donors (Lipinski definition) is 2. The number of benzene rings is 1. The van der Waals surface area contributed by atoms with E-state index < -0.39 is 5.91 Å². The molecule has 0 spiro atoms. The predicted octanol–water partition coefficient (Wildman–Crippen LogP) is 3.02. The second-order valence-corrected chi connectivity index (χ2v) is 4.36. The van der Waals surface area contributed by atoms with Gasteiger partial charge in [0, 0.05) is 16.8 Å². The van der Waals surface area contributed by atoms with Crippen LogP contribution in [0.5, 0.6) is 0 Å². The molecule has 0 atom stereocenters. The minimum absolute atomic E-state index is 0.126. The van der Waals surface area contributed by atoms with Crippen molar-refractivity contribution >= 4 is 29.0 Å². The van der Waals surface area contributed by atoms with Crippen molar-refractivity contribution < 1.29 is 9.18 Å². The van der Waals surface area contributed by atoms with E-state index >= 15 is 0 Å². The molecule has 0 aliphatic rings. The van der Waals surface area contributed by atoms with E-state index in [1.54, 1.807) is 13.0 Å². The van der Waals surface area contributed by atoms with Crippen molar-refractivity contribution in [1.82, 2.24) is 4.98 Å². The van der Waals surface area contributed by atoms with Gasteiger partial charge in [0.25, 0.3) is 5.91 Å². The molecule has 0 aliphatic carbocycles. The zero-order valence-electron chi connectivity index (χ0n) is 10.1. The van der Waals surface area contributed by atoms with Crippen LogP contribution in [-0.4, -0.2) is 10.9 Å². The molecule has 0 fully saturated rings. The topological polar surface area (TPSA) is 68.0 Å². The number of nitrogens with two attached hydrogens (primary N) is 1. The van der Waals surface area contributed by atoms with Gasteiger partial charge in [0.1, 0.15) is 16.8 Å². The molecular weight excluding hydrogens is 269 g/mol. The summed E-state index contributed by atoms with van der Waals surface area (Å²) in [6.45, 7) is 1.58. The Labute approximate surface area is 114 Å². The molecule has 19 heavy (non-hydrogen) atoms. The summed E-state index contributed by atoms with van der Waals surface area (Å²) in [6.07, 6.45) is 0. The lowest BCUT2D eigenvalue weighted by atomic mass is 10.1. The third kappa shape index (κ3) is 3.00. The third-order valence-corrected chi connectivity index (χ3v) is 2.79. The van der Waals surface area contributed by atoms with Gasteiger partial charge in [0.15, 0.2) is 0 Å². The van der Waals surface area contributed by atoms with Gasteiger partial charge in [-0.2, -0.15) is 0 Å². The molecule has 0 unspecified atom stereocenters. The van der Waals surface area contributed by atoms with E-state index in [4.69, 9.17) is 17.3 Å². The highest BCUT2D eigenvalue weighted by molar-refractivity contribution is 6.30. The average molecular weight is 280 g/mol. The molecule has 0 saturated heterocycles. The standard InChI is InChI=1S/C13H11ClFN3O/c1-7-9(15)3-2-4-10(7)17-13(19)8-5-11(14)18-12(16)6-8/h2-6H,1H3,(H2,16,18)(H,17,19). The average Bonchev–Trinajstić information content (AvgIpc) is 2.33. The Morgan fingerprint density at radius 2 is 2.16 bits per heavy atom. The summed E-state index contributed by atoms with van der Waals surface area (Å²) in [6, 6.07) is 7.25. The first-order chi connectivity index (χ1) is 8.97. The second-order valence-electron chi connectivity index (χ2n) is 3.97. The minimum Gasteiger partial charge on any atom is -0.384 e. The number of halogens is 2. The maximum Gasteiger partial charge on any atom is 0.255 e. The number of carbonyl (C=O) groups excluding carboxylic acids is 1. The summed E-state index contributed by atoms with van der Waals surface area (Å²) >= 11 is 5.72. The van der Waals surface area contributed by atoms with Crippen molar-refractivity contribution in [2.24, 2.45) is 0 Å². The van der Waals surface area contributed by atoms with Gasteiger partial charge >= 0.3 is 0 Å². The van der Waals surface area contributed by atoms with Gasteiger partial charge in [0.2, 0.25) is 0 Å². The maximum atomic E-state index is 13.4. The molecule has 1 aromatic carbocycles. The summed E-state index contributed by atoms with van der Waals surface area (Å²) < 4.78 is 13.4. The minimum atomic E-state index is -0.426. The van der Waals surface area contributed by atoms with Gasteiger partial charge in [-0.3, -0.25) is 4.79 Å². The van der Waals surface area contributed by atoms with Crippen LogP contribution >= 0.6 is 11.6 Å². The Balaban J connectivity index is 2.28. The number of nitrogens with one attached hydrogen (secondary N) is 1. The number of nitrogens with zero attached hydrogens (tertiary/aromatic N) is 1. The molecule has 1 aromatic heterocycles. The zero-order valence-corrected chi connectivity index (χ0v) is 10.8. The summed E-state index contributed by atoms with van der Waals surface area (Å²) in [5.41, 5.74) is 6.54. The SMILES string of the molecule is Cc1c(F)cccc1NC(=O)c1cc(N)nc(Cl)c1. The fourth-order valence-corrected chi connectivity index (χ4v) is 1.80. The number of carbonyl (C=O) groups is 1. The molecule has 0 saturated carbocycles. The Hall–Kier alpha value is -2.14. The Bertz CT molecular complexity index is 626. The predicted molar refractivity (Wildman–Crippen MR) is 72.7 cm³/mol. The van der Waals surface area contributed by atoms with Crippen molar-refractivity contribution in [2.75, 3.05) is 11.1 Å². The smallest absolute Gasteiger partial charge is 0.255 e. The number of hydrogen-bond acceptors (Lipinski definition) is 3. The number of nitrogen functional groups attached to an aromatic ring is 1. The first kappa shape index (κ1) is 13.3. The summed E-state index contributed by atoms with van der Waals surface area (Å²) in [5, 5.41) is 2.73. The fourth-order valence-electron chi connectivity index (χ4n) is 1.59. The lowest BCUT2D eigenvalue weighted by Crippen LogP contribution is -2.14. The van der Waals surface area contributed by atoms with Gasteiger partial charge in [-0.05, 0) is 31.2 Å². The van der Waals surface area contributed by atoms with Crippen LogP contribution in [0.2, 0.25) is 5.15 Å². The number of amides is 1. The molecule has 1 heterocycles. The van der Waals surface area contributed by atoms with E-state index in [9.17, 15) is 9.18 Å². The van der Waals surface area contributed by atoms with Gasteiger partial charge in [-0.1, -0.05) is 17.7 Å². The molecule has 0 aliphatic heterocycles. The van der Waals surface area contributed by atoms with E-state index in [1.165, 1.54) is 24.3 Å². The maximum absolute atomic E-state index is 13.4. The van der Waals surface area contributed by atoms with E-state index in [0.29, 0.717) is 11.3 Å². The number of aromatic nitrogens is 1. The largest absolute Gasteiger partial charge is 0.384 e. The van der Waals surface area contributed by atoms with Crippen molar-refractivity contribution in [1.29, 1.82) is 0 Å². The quantitative estimate of drug-likeness (QED) is 0.830. The molecule has 98 valence electrons. The molecule has 3 N–H and O–H groups in total. The van der Waals surface area contributed by atoms with Crippen molar-refractivity contribution in [3.05, 3.63) is 52.4 Å². The van der Waals surface area contributed by atoms with E-state index in [-0.39, 0.29) is 22.4 Å². The second kappa shape index (κ2) is 5.24. The highest BCUT2D eigenvalue weighted by atomic mass is 35.5. The van der Waals surface area contributed by atoms with Gasteiger partial charge in [0.05, 0.1) is 0 Å². The van der Waals surface area contributed by atoms with Crippen molar-refractivity contribution in [3.63, 3.8) is 0 Å². The normalized spacial score (nSPS) is 10.3. The van der Waals surface area contributed by atoms with Crippen LogP contribution in [0, 0.1) is 12.7 Å². The molecule has 4 nitrogen and oxygen atoms in total. The Morgan fingerprint density at radius 1 is 1.42 bits per heavy atom. The van der Waals surface area contributed by atoms with E-state index in [0.717, 1.165) is 0 Å². The van der Waals surface area contributed by atoms with Crippen molar-refractivity contribution in [3.8, 4) is 0 Å². The summed E-state index contributed by atoms with van der Waals surface area (Å²) in [7, 11) is 0. The molecule has 0 bridgehead atoms. The number of pyridine rings is 1. The van der Waals surface area contributed by atoms with Gasteiger partial charge < -0.3 is 11.1 Å². The first-order valence-corrected chi connectivity index (χ1v) is 5.84. The van der Waals surface area contributed by atoms with Crippen LogP contribution in [0.1, 0.15) is 15.9 Å². The molecule has 1 amide bonds. The molecule has 6 heteroatoms. The van der Waals surface area contributed by atoms with Gasteiger partial charge in [-0.25, -0.2) is 9.37 Å². The summed E-state index contributed by atoms with van der Waals surface area (Å²) in [5.74, 6) is -0.664. The molecule has 0 radical (unpaired) electrons. The Morgan fingerprint density at radius 3 is 2.84 bits per heavy atom. The molecule has 2 aromatic rings. The zero-order chi connectivity index (χ0) is 14.0. The lowest BCUT2D eigenvalue weighted by Gasteiger charge is -2.09. The van der Waals surface area contributed by atoms with E-state index in [2.05, 4.69) is 10.3 Å². The Kier molecular flexibility index (Phi) is 3.66. The first-order valence-electron chi connectivity index (χ1n) is 5.47. The van der Waals surface area contributed by atoms with Crippen LogP contribution in [0.15, 0.2) is 30.3 Å². The molecular formula is C13H11ClFN3O. The number of rotatable bonds is 2. The van der Waals surface area contributed by atoms with Crippen LogP contribution in [0.3, 0.4) is 0 Å². The molecule has 2 rings (SSSR count). The van der Waals surface area contributed by atoms with E-state index in [1.807, 2.05) is 0 Å². The monoisotopic (exact) mass is 279 g/mol. The van der Waals surface area contributed by atoms with Gasteiger partial charge in [-0.15, -0.1) is 0 Å².